The SMILES string of the molecule is Fc1cccc(Oc2ccc(Cl)cc2Cl)c1CBr. The first-order valence-electron chi connectivity index (χ1n) is 5.08. The summed E-state index contributed by atoms with van der Waals surface area (Å²) in [6.07, 6.45) is 0. The lowest BCUT2D eigenvalue weighted by atomic mass is 10.2. The molecule has 0 unspecified atom stereocenters. The van der Waals surface area contributed by atoms with Gasteiger partial charge in [0.25, 0.3) is 0 Å². The van der Waals surface area contributed by atoms with E-state index in [1.165, 1.54) is 6.07 Å². The summed E-state index contributed by atoms with van der Waals surface area (Å²) in [5, 5.41) is 1.26. The molecule has 0 N–H and O–H groups in total. The van der Waals surface area contributed by atoms with Crippen LogP contribution in [-0.4, -0.2) is 0 Å². The Morgan fingerprint density at radius 3 is 2.56 bits per heavy atom. The second-order valence-corrected chi connectivity index (χ2v) is 4.93. The highest BCUT2D eigenvalue weighted by Gasteiger charge is 2.11. The van der Waals surface area contributed by atoms with E-state index in [2.05, 4.69) is 15.9 Å². The molecule has 0 saturated heterocycles. The molecule has 5 heteroatoms. The van der Waals surface area contributed by atoms with Gasteiger partial charge in [0, 0.05) is 15.9 Å². The summed E-state index contributed by atoms with van der Waals surface area (Å²) in [4.78, 5) is 0. The zero-order valence-electron chi connectivity index (χ0n) is 9.09. The Morgan fingerprint density at radius 1 is 1.11 bits per heavy atom. The van der Waals surface area contributed by atoms with Gasteiger partial charge in [0.2, 0.25) is 0 Å². The van der Waals surface area contributed by atoms with Gasteiger partial charge in [0.1, 0.15) is 17.3 Å². The van der Waals surface area contributed by atoms with Crippen molar-refractivity contribution in [1.82, 2.24) is 0 Å². The number of rotatable bonds is 3. The Hall–Kier alpha value is -0.770. The van der Waals surface area contributed by atoms with Crippen molar-refractivity contribution in [3.05, 3.63) is 57.8 Å². The van der Waals surface area contributed by atoms with Crippen molar-refractivity contribution in [2.75, 3.05) is 0 Å². The minimum absolute atomic E-state index is 0.325. The monoisotopic (exact) mass is 348 g/mol. The number of benzene rings is 2. The molecule has 2 aromatic carbocycles. The van der Waals surface area contributed by atoms with Gasteiger partial charge in [-0.3, -0.25) is 0 Å². The molecule has 0 radical (unpaired) electrons. The second kappa shape index (κ2) is 5.91. The smallest absolute Gasteiger partial charge is 0.146 e. The van der Waals surface area contributed by atoms with Crippen LogP contribution in [-0.2, 0) is 5.33 Å². The van der Waals surface area contributed by atoms with E-state index in [0.29, 0.717) is 32.4 Å². The van der Waals surface area contributed by atoms with E-state index in [-0.39, 0.29) is 5.82 Å². The van der Waals surface area contributed by atoms with Crippen LogP contribution in [0.25, 0.3) is 0 Å². The van der Waals surface area contributed by atoms with Crippen molar-refractivity contribution in [3.63, 3.8) is 0 Å². The third-order valence-electron chi connectivity index (χ3n) is 2.32. The predicted molar refractivity (Wildman–Crippen MR) is 75.6 cm³/mol. The molecule has 2 aromatic rings. The first-order chi connectivity index (χ1) is 8.61. The number of ether oxygens (including phenoxy) is 1. The van der Waals surface area contributed by atoms with Crippen molar-refractivity contribution >= 4 is 39.1 Å². The Kier molecular flexibility index (Phi) is 4.49. The highest BCUT2D eigenvalue weighted by molar-refractivity contribution is 9.08. The molecule has 0 bridgehead atoms. The molecule has 18 heavy (non-hydrogen) atoms. The highest BCUT2D eigenvalue weighted by atomic mass is 79.9. The molecule has 0 atom stereocenters. The van der Waals surface area contributed by atoms with Crippen LogP contribution in [0.4, 0.5) is 4.39 Å². The first kappa shape index (κ1) is 13.7. The molecule has 0 amide bonds. The zero-order chi connectivity index (χ0) is 13.1. The van der Waals surface area contributed by atoms with Crippen molar-refractivity contribution in [2.45, 2.75) is 5.33 Å². The summed E-state index contributed by atoms with van der Waals surface area (Å²) in [7, 11) is 0. The molecule has 0 aromatic heterocycles. The standard InChI is InChI=1S/C13H8BrCl2FO/c14-7-9-11(17)2-1-3-12(9)18-13-5-4-8(15)6-10(13)16/h1-6H,7H2. The van der Waals surface area contributed by atoms with E-state index >= 15 is 0 Å². The quantitative estimate of drug-likeness (QED) is 0.634. The molecule has 0 aliphatic heterocycles. The van der Waals surface area contributed by atoms with E-state index in [4.69, 9.17) is 27.9 Å². The van der Waals surface area contributed by atoms with Crippen LogP contribution < -0.4 is 4.74 Å². The van der Waals surface area contributed by atoms with Crippen LogP contribution >= 0.6 is 39.1 Å². The third-order valence-corrected chi connectivity index (χ3v) is 3.41. The van der Waals surface area contributed by atoms with Crippen molar-refractivity contribution in [1.29, 1.82) is 0 Å². The lowest BCUT2D eigenvalue weighted by Gasteiger charge is -2.11. The molecule has 0 aliphatic carbocycles. The average molecular weight is 350 g/mol. The van der Waals surface area contributed by atoms with Crippen LogP contribution in [0, 0.1) is 5.82 Å². The van der Waals surface area contributed by atoms with E-state index in [1.807, 2.05) is 0 Å². The van der Waals surface area contributed by atoms with Crippen LogP contribution in [0.3, 0.4) is 0 Å². The van der Waals surface area contributed by atoms with Gasteiger partial charge >= 0.3 is 0 Å². The van der Waals surface area contributed by atoms with Gasteiger partial charge in [-0.1, -0.05) is 45.2 Å². The maximum absolute atomic E-state index is 13.6. The van der Waals surface area contributed by atoms with Gasteiger partial charge in [0.15, 0.2) is 0 Å². The van der Waals surface area contributed by atoms with Gasteiger partial charge < -0.3 is 4.74 Å². The largest absolute Gasteiger partial charge is 0.455 e. The fraction of sp³-hybridized carbons (Fsp3) is 0.0769. The minimum atomic E-state index is -0.325. The van der Waals surface area contributed by atoms with Crippen LogP contribution in [0.15, 0.2) is 36.4 Å². The number of hydrogen-bond donors (Lipinski definition) is 0. The molecule has 94 valence electrons. The van der Waals surface area contributed by atoms with Gasteiger partial charge in [-0.25, -0.2) is 4.39 Å². The summed E-state index contributed by atoms with van der Waals surface area (Å²) >= 11 is 15.0. The summed E-state index contributed by atoms with van der Waals surface area (Å²) in [6.45, 7) is 0. The summed E-state index contributed by atoms with van der Waals surface area (Å²) in [5.74, 6) is 0.541. The van der Waals surface area contributed by atoms with E-state index in [0.717, 1.165) is 0 Å². The van der Waals surface area contributed by atoms with Crippen LogP contribution in [0.2, 0.25) is 10.0 Å². The van der Waals surface area contributed by atoms with Gasteiger partial charge in [-0.2, -0.15) is 0 Å². The molecule has 0 spiro atoms. The fourth-order valence-corrected chi connectivity index (χ4v) is 2.43. The average Bonchev–Trinajstić information content (AvgIpc) is 2.33. The number of alkyl halides is 1. The van der Waals surface area contributed by atoms with E-state index in [1.54, 1.807) is 30.3 Å². The molecule has 1 nitrogen and oxygen atoms in total. The summed E-state index contributed by atoms with van der Waals surface area (Å²) < 4.78 is 19.2. The Labute approximate surface area is 123 Å². The normalized spacial score (nSPS) is 10.4. The Bertz CT molecular complexity index is 575. The van der Waals surface area contributed by atoms with Crippen molar-refractivity contribution in [2.24, 2.45) is 0 Å². The lowest BCUT2D eigenvalue weighted by molar-refractivity contribution is 0.471. The number of hydrogen-bond acceptors (Lipinski definition) is 1. The van der Waals surface area contributed by atoms with E-state index in [9.17, 15) is 4.39 Å². The van der Waals surface area contributed by atoms with Crippen LogP contribution in [0.1, 0.15) is 5.56 Å². The van der Waals surface area contributed by atoms with E-state index < -0.39 is 0 Å². The predicted octanol–water partition coefficient (Wildman–Crippen LogP) is 5.82. The third kappa shape index (κ3) is 2.97. The molecule has 0 aliphatic rings. The van der Waals surface area contributed by atoms with Gasteiger partial charge in [-0.05, 0) is 30.3 Å². The Balaban J connectivity index is 2.37. The molecular formula is C13H8BrCl2FO. The fourth-order valence-electron chi connectivity index (χ4n) is 1.44. The Morgan fingerprint density at radius 2 is 1.89 bits per heavy atom. The summed E-state index contributed by atoms with van der Waals surface area (Å²) in [6, 6.07) is 9.53. The topological polar surface area (TPSA) is 9.23 Å². The number of halogens is 4. The van der Waals surface area contributed by atoms with Gasteiger partial charge in [0.05, 0.1) is 5.02 Å². The second-order valence-electron chi connectivity index (χ2n) is 3.53. The van der Waals surface area contributed by atoms with Crippen molar-refractivity contribution < 1.29 is 9.13 Å². The molecule has 0 heterocycles. The molecule has 0 saturated carbocycles. The summed E-state index contributed by atoms with van der Waals surface area (Å²) in [5.41, 5.74) is 0.448. The molecular weight excluding hydrogens is 342 g/mol. The first-order valence-corrected chi connectivity index (χ1v) is 6.96. The lowest BCUT2D eigenvalue weighted by Crippen LogP contribution is -1.93. The minimum Gasteiger partial charge on any atom is -0.455 e. The van der Waals surface area contributed by atoms with Gasteiger partial charge in [-0.15, -0.1) is 0 Å². The maximum Gasteiger partial charge on any atom is 0.146 e. The van der Waals surface area contributed by atoms with Crippen molar-refractivity contribution in [3.8, 4) is 11.5 Å². The van der Waals surface area contributed by atoms with Crippen LogP contribution in [0.5, 0.6) is 11.5 Å². The molecule has 0 fully saturated rings. The highest BCUT2D eigenvalue weighted by Crippen LogP contribution is 2.34. The zero-order valence-corrected chi connectivity index (χ0v) is 12.2. The maximum atomic E-state index is 13.6. The molecule has 2 rings (SSSR count).